The van der Waals surface area contributed by atoms with Crippen LogP contribution in [0.2, 0.25) is 0 Å². The summed E-state index contributed by atoms with van der Waals surface area (Å²) in [5.41, 5.74) is 7.15. The van der Waals surface area contributed by atoms with Crippen molar-refractivity contribution in [2.75, 3.05) is 17.7 Å². The summed E-state index contributed by atoms with van der Waals surface area (Å²) in [4.78, 5) is -0.103. The number of anilines is 3. The summed E-state index contributed by atoms with van der Waals surface area (Å²) in [5, 5.41) is 8.19. The molecule has 0 heterocycles. The van der Waals surface area contributed by atoms with Crippen LogP contribution >= 0.6 is 0 Å². The highest BCUT2D eigenvalue weighted by molar-refractivity contribution is 7.89. The third-order valence-corrected chi connectivity index (χ3v) is 3.77. The number of ether oxygens (including phenoxy) is 1. The molecule has 0 atom stereocenters. The number of primary sulfonamides is 1. The number of sulfonamides is 1. The van der Waals surface area contributed by atoms with Crippen LogP contribution in [0.25, 0.3) is 0 Å². The maximum Gasteiger partial charge on any atom is 0.240 e. The van der Waals surface area contributed by atoms with Crippen molar-refractivity contribution in [2.24, 2.45) is 5.14 Å². The van der Waals surface area contributed by atoms with Crippen molar-refractivity contribution in [1.82, 2.24) is 0 Å². The molecular weight excluding hydrogens is 290 g/mol. The SMILES string of the molecule is CCOc1cccc(Nc2cccc(S(N)(=O)=O)c2N)c1. The lowest BCUT2D eigenvalue weighted by molar-refractivity contribution is 0.340. The monoisotopic (exact) mass is 307 g/mol. The van der Waals surface area contributed by atoms with E-state index in [-0.39, 0.29) is 10.6 Å². The number of benzene rings is 2. The Kier molecular flexibility index (Phi) is 4.35. The summed E-state index contributed by atoms with van der Waals surface area (Å²) >= 11 is 0. The zero-order valence-corrected chi connectivity index (χ0v) is 12.4. The molecule has 0 fully saturated rings. The Morgan fingerprint density at radius 2 is 1.90 bits per heavy atom. The molecule has 0 spiro atoms. The summed E-state index contributed by atoms with van der Waals surface area (Å²) in [7, 11) is -3.85. The molecule has 0 bridgehead atoms. The van der Waals surface area contributed by atoms with Crippen LogP contribution in [0, 0.1) is 0 Å². The van der Waals surface area contributed by atoms with Gasteiger partial charge >= 0.3 is 0 Å². The summed E-state index contributed by atoms with van der Waals surface area (Å²) in [6.45, 7) is 2.46. The van der Waals surface area contributed by atoms with Gasteiger partial charge in [0.25, 0.3) is 0 Å². The minimum absolute atomic E-state index is 0.0850. The summed E-state index contributed by atoms with van der Waals surface area (Å²) in [6, 6.07) is 11.9. The molecule has 2 rings (SSSR count). The Bertz CT molecular complexity index is 745. The second-order valence-corrected chi connectivity index (χ2v) is 5.88. The van der Waals surface area contributed by atoms with Crippen LogP contribution in [0.15, 0.2) is 47.4 Å². The highest BCUT2D eigenvalue weighted by Crippen LogP contribution is 2.29. The Labute approximate surface area is 123 Å². The van der Waals surface area contributed by atoms with Crippen LogP contribution in [0.4, 0.5) is 17.1 Å². The van der Waals surface area contributed by atoms with Crippen LogP contribution < -0.4 is 20.9 Å². The molecule has 0 aromatic heterocycles. The second kappa shape index (κ2) is 6.02. The van der Waals surface area contributed by atoms with Crippen molar-refractivity contribution in [3.05, 3.63) is 42.5 Å². The van der Waals surface area contributed by atoms with E-state index >= 15 is 0 Å². The smallest absolute Gasteiger partial charge is 0.240 e. The summed E-state index contributed by atoms with van der Waals surface area (Å²) in [6.07, 6.45) is 0. The van der Waals surface area contributed by atoms with Crippen LogP contribution in [0.5, 0.6) is 5.75 Å². The van der Waals surface area contributed by atoms with E-state index in [2.05, 4.69) is 5.32 Å². The summed E-state index contributed by atoms with van der Waals surface area (Å²) < 4.78 is 28.3. The fourth-order valence-corrected chi connectivity index (χ4v) is 2.57. The fourth-order valence-electron chi connectivity index (χ4n) is 1.89. The summed E-state index contributed by atoms with van der Waals surface area (Å²) in [5.74, 6) is 0.712. The lowest BCUT2D eigenvalue weighted by Gasteiger charge is -2.13. The maximum atomic E-state index is 11.4. The largest absolute Gasteiger partial charge is 0.494 e. The number of nitrogen functional groups attached to an aromatic ring is 1. The van der Waals surface area contributed by atoms with E-state index in [1.54, 1.807) is 18.2 Å². The van der Waals surface area contributed by atoms with E-state index in [0.29, 0.717) is 18.0 Å². The molecule has 2 aromatic rings. The van der Waals surface area contributed by atoms with E-state index in [1.807, 2.05) is 25.1 Å². The number of rotatable bonds is 5. The molecule has 6 nitrogen and oxygen atoms in total. The number of hydrogen-bond donors (Lipinski definition) is 3. The molecule has 0 unspecified atom stereocenters. The zero-order chi connectivity index (χ0) is 15.5. The Morgan fingerprint density at radius 3 is 2.57 bits per heavy atom. The van der Waals surface area contributed by atoms with Gasteiger partial charge < -0.3 is 15.8 Å². The van der Waals surface area contributed by atoms with Crippen LogP contribution in [0.3, 0.4) is 0 Å². The van der Waals surface area contributed by atoms with Crippen molar-refractivity contribution in [1.29, 1.82) is 0 Å². The zero-order valence-electron chi connectivity index (χ0n) is 11.5. The fraction of sp³-hybridized carbons (Fsp3) is 0.143. The molecule has 0 amide bonds. The first-order valence-corrected chi connectivity index (χ1v) is 7.87. The van der Waals surface area contributed by atoms with Gasteiger partial charge in [0.2, 0.25) is 10.0 Å². The van der Waals surface area contributed by atoms with Gasteiger partial charge in [-0.3, -0.25) is 0 Å². The molecule has 0 radical (unpaired) electrons. The van der Waals surface area contributed by atoms with Gasteiger partial charge in [-0.1, -0.05) is 12.1 Å². The van der Waals surface area contributed by atoms with Gasteiger partial charge in [0.05, 0.1) is 18.0 Å². The van der Waals surface area contributed by atoms with Crippen molar-refractivity contribution < 1.29 is 13.2 Å². The molecule has 0 aliphatic heterocycles. The molecule has 0 saturated carbocycles. The van der Waals surface area contributed by atoms with Crippen molar-refractivity contribution in [2.45, 2.75) is 11.8 Å². The van der Waals surface area contributed by atoms with Gasteiger partial charge in [0.1, 0.15) is 10.6 Å². The Morgan fingerprint density at radius 1 is 1.19 bits per heavy atom. The third kappa shape index (κ3) is 3.65. The predicted molar refractivity (Wildman–Crippen MR) is 83.1 cm³/mol. The molecule has 2 aromatic carbocycles. The number of para-hydroxylation sites is 1. The van der Waals surface area contributed by atoms with Gasteiger partial charge in [-0.25, -0.2) is 13.6 Å². The lowest BCUT2D eigenvalue weighted by Crippen LogP contribution is -2.15. The van der Waals surface area contributed by atoms with Crippen LogP contribution in [0.1, 0.15) is 6.92 Å². The average molecular weight is 307 g/mol. The molecule has 0 saturated heterocycles. The highest BCUT2D eigenvalue weighted by atomic mass is 32.2. The topological polar surface area (TPSA) is 107 Å². The molecule has 0 aliphatic rings. The number of nitrogens with one attached hydrogen (secondary N) is 1. The first-order valence-electron chi connectivity index (χ1n) is 6.33. The first-order chi connectivity index (χ1) is 9.91. The molecule has 21 heavy (non-hydrogen) atoms. The van der Waals surface area contributed by atoms with Gasteiger partial charge in [0.15, 0.2) is 0 Å². The average Bonchev–Trinajstić information content (AvgIpc) is 2.41. The minimum atomic E-state index is -3.85. The Balaban J connectivity index is 2.34. The molecule has 0 aliphatic carbocycles. The van der Waals surface area contributed by atoms with Crippen molar-refractivity contribution in [3.8, 4) is 5.75 Å². The van der Waals surface area contributed by atoms with E-state index in [1.165, 1.54) is 6.07 Å². The van der Waals surface area contributed by atoms with Gasteiger partial charge in [-0.2, -0.15) is 0 Å². The second-order valence-electron chi connectivity index (χ2n) is 4.35. The van der Waals surface area contributed by atoms with E-state index in [9.17, 15) is 8.42 Å². The van der Waals surface area contributed by atoms with Gasteiger partial charge in [-0.15, -0.1) is 0 Å². The molecule has 5 N–H and O–H groups in total. The van der Waals surface area contributed by atoms with Crippen molar-refractivity contribution >= 4 is 27.1 Å². The van der Waals surface area contributed by atoms with E-state index in [4.69, 9.17) is 15.6 Å². The first kappa shape index (κ1) is 15.1. The maximum absolute atomic E-state index is 11.4. The quantitative estimate of drug-likeness (QED) is 0.733. The number of nitrogens with two attached hydrogens (primary N) is 2. The third-order valence-electron chi connectivity index (χ3n) is 2.80. The van der Waals surface area contributed by atoms with Gasteiger partial charge in [0, 0.05) is 11.8 Å². The molecule has 112 valence electrons. The highest BCUT2D eigenvalue weighted by Gasteiger charge is 2.14. The predicted octanol–water partition coefficient (Wildman–Crippen LogP) is 2.06. The van der Waals surface area contributed by atoms with Crippen LogP contribution in [-0.4, -0.2) is 15.0 Å². The molecular formula is C14H17N3O3S. The minimum Gasteiger partial charge on any atom is -0.494 e. The standard InChI is InChI=1S/C14H17N3O3S/c1-2-20-11-6-3-5-10(9-11)17-12-7-4-8-13(14(12)15)21(16,18)19/h3-9,17H,2,15H2,1H3,(H2,16,18,19). The van der Waals surface area contributed by atoms with Crippen LogP contribution in [-0.2, 0) is 10.0 Å². The van der Waals surface area contributed by atoms with Crippen molar-refractivity contribution in [3.63, 3.8) is 0 Å². The lowest BCUT2D eigenvalue weighted by atomic mass is 10.2. The van der Waals surface area contributed by atoms with E-state index in [0.717, 1.165) is 5.69 Å². The number of hydrogen-bond acceptors (Lipinski definition) is 5. The normalized spacial score (nSPS) is 11.1. The molecule has 7 heteroatoms. The van der Waals surface area contributed by atoms with E-state index < -0.39 is 10.0 Å². The Hall–Kier alpha value is -2.25. The van der Waals surface area contributed by atoms with Gasteiger partial charge in [-0.05, 0) is 31.2 Å².